The van der Waals surface area contributed by atoms with Gasteiger partial charge in [0.05, 0.1) is 0 Å². The summed E-state index contributed by atoms with van der Waals surface area (Å²) in [6.45, 7) is 0. The molecule has 1 heterocycles. The standard InChI is InChI=1S/C10H7F2N5O2/c11-6-2-1-3-7(12)8(6)15-9(18)10(19)16-17-4-13-14-5-17/h1-5H,(H,15,18)(H,16,19). The number of rotatable bonds is 2. The molecule has 0 aliphatic rings. The Morgan fingerprint density at radius 2 is 1.63 bits per heavy atom. The van der Waals surface area contributed by atoms with E-state index in [1.165, 1.54) is 0 Å². The van der Waals surface area contributed by atoms with Crippen molar-refractivity contribution >= 4 is 17.5 Å². The molecule has 0 radical (unpaired) electrons. The second-order valence-electron chi connectivity index (χ2n) is 3.36. The normalized spacial score (nSPS) is 10.0. The van der Waals surface area contributed by atoms with Gasteiger partial charge in [0.25, 0.3) is 0 Å². The summed E-state index contributed by atoms with van der Waals surface area (Å²) in [5, 5.41) is 8.62. The van der Waals surface area contributed by atoms with E-state index in [0.717, 1.165) is 35.5 Å². The van der Waals surface area contributed by atoms with Gasteiger partial charge in [0, 0.05) is 0 Å². The molecule has 0 saturated carbocycles. The third kappa shape index (κ3) is 2.89. The van der Waals surface area contributed by atoms with Crippen LogP contribution in [-0.4, -0.2) is 26.7 Å². The SMILES string of the molecule is O=C(Nc1c(F)cccc1F)C(=O)Nn1cnnc1. The first kappa shape index (κ1) is 12.6. The number of halogens is 2. The molecule has 2 rings (SSSR count). The highest BCUT2D eigenvalue weighted by molar-refractivity contribution is 6.42. The van der Waals surface area contributed by atoms with Gasteiger partial charge in [-0.15, -0.1) is 10.2 Å². The Hall–Kier alpha value is -2.84. The Balaban J connectivity index is 2.07. The van der Waals surface area contributed by atoms with Gasteiger partial charge >= 0.3 is 11.8 Å². The van der Waals surface area contributed by atoms with Crippen molar-refractivity contribution in [1.29, 1.82) is 0 Å². The zero-order valence-electron chi connectivity index (χ0n) is 9.30. The van der Waals surface area contributed by atoms with E-state index >= 15 is 0 Å². The second-order valence-corrected chi connectivity index (χ2v) is 3.36. The minimum atomic E-state index is -1.22. The van der Waals surface area contributed by atoms with Gasteiger partial charge in [0.15, 0.2) is 0 Å². The van der Waals surface area contributed by atoms with Crippen LogP contribution in [0.15, 0.2) is 30.9 Å². The first-order valence-electron chi connectivity index (χ1n) is 4.99. The number of nitrogens with one attached hydrogen (secondary N) is 2. The number of carbonyl (C=O) groups is 2. The Morgan fingerprint density at radius 1 is 1.05 bits per heavy atom. The van der Waals surface area contributed by atoms with Crippen LogP contribution in [0, 0.1) is 11.6 Å². The number of benzene rings is 1. The average Bonchev–Trinajstić information content (AvgIpc) is 2.86. The highest BCUT2D eigenvalue weighted by Crippen LogP contribution is 2.17. The Kier molecular flexibility index (Phi) is 3.46. The summed E-state index contributed by atoms with van der Waals surface area (Å²) < 4.78 is 27.5. The third-order valence-corrected chi connectivity index (χ3v) is 2.06. The number of carbonyl (C=O) groups excluding carboxylic acids is 2. The molecule has 0 unspecified atom stereocenters. The number of hydrogen-bond donors (Lipinski definition) is 2. The smallest absolute Gasteiger partial charge is 0.313 e. The molecule has 98 valence electrons. The van der Waals surface area contributed by atoms with Crippen LogP contribution in [0.4, 0.5) is 14.5 Å². The minimum absolute atomic E-state index is 0.689. The summed E-state index contributed by atoms with van der Waals surface area (Å²) in [6.07, 6.45) is 2.27. The van der Waals surface area contributed by atoms with E-state index in [-0.39, 0.29) is 0 Å². The molecule has 0 saturated heterocycles. The van der Waals surface area contributed by atoms with E-state index in [0.29, 0.717) is 0 Å². The van der Waals surface area contributed by atoms with E-state index in [4.69, 9.17) is 0 Å². The van der Waals surface area contributed by atoms with E-state index in [1.54, 1.807) is 0 Å². The Labute approximate surface area is 105 Å². The topological polar surface area (TPSA) is 88.9 Å². The summed E-state index contributed by atoms with van der Waals surface area (Å²) in [5.74, 6) is -4.31. The van der Waals surface area contributed by atoms with Crippen molar-refractivity contribution in [3.05, 3.63) is 42.5 Å². The summed E-state index contributed by atoms with van der Waals surface area (Å²) in [4.78, 5) is 22.8. The molecule has 0 fully saturated rings. The highest BCUT2D eigenvalue weighted by Gasteiger charge is 2.18. The molecule has 1 aromatic carbocycles. The maximum atomic E-state index is 13.2. The van der Waals surface area contributed by atoms with Crippen LogP contribution >= 0.6 is 0 Å². The molecule has 2 aromatic rings. The number of anilines is 1. The molecule has 0 aliphatic heterocycles. The third-order valence-electron chi connectivity index (χ3n) is 2.06. The summed E-state index contributed by atoms with van der Waals surface area (Å²) in [7, 11) is 0. The molecular formula is C10H7F2N5O2. The van der Waals surface area contributed by atoms with Gasteiger partial charge in [-0.1, -0.05) is 6.07 Å². The molecule has 0 bridgehead atoms. The number of aromatic nitrogens is 3. The van der Waals surface area contributed by atoms with Crippen LogP contribution in [-0.2, 0) is 9.59 Å². The van der Waals surface area contributed by atoms with Gasteiger partial charge in [-0.25, -0.2) is 13.5 Å². The van der Waals surface area contributed by atoms with Gasteiger partial charge < -0.3 is 5.32 Å². The molecule has 2 N–H and O–H groups in total. The quantitative estimate of drug-likeness (QED) is 0.764. The Morgan fingerprint density at radius 3 is 2.21 bits per heavy atom. The first-order valence-corrected chi connectivity index (χ1v) is 4.99. The predicted molar refractivity (Wildman–Crippen MR) is 59.4 cm³/mol. The molecule has 1 aromatic heterocycles. The van der Waals surface area contributed by atoms with Gasteiger partial charge in [-0.05, 0) is 12.1 Å². The molecular weight excluding hydrogens is 260 g/mol. The lowest BCUT2D eigenvalue weighted by atomic mass is 10.3. The lowest BCUT2D eigenvalue weighted by Crippen LogP contribution is -2.34. The summed E-state index contributed by atoms with van der Waals surface area (Å²) in [6, 6.07) is 3.05. The zero-order chi connectivity index (χ0) is 13.8. The van der Waals surface area contributed by atoms with Gasteiger partial charge in [0.2, 0.25) is 0 Å². The van der Waals surface area contributed by atoms with Crippen molar-refractivity contribution in [2.24, 2.45) is 0 Å². The van der Waals surface area contributed by atoms with Crippen molar-refractivity contribution in [2.45, 2.75) is 0 Å². The van der Waals surface area contributed by atoms with Crippen molar-refractivity contribution < 1.29 is 18.4 Å². The Bertz CT molecular complexity index is 594. The highest BCUT2D eigenvalue weighted by atomic mass is 19.1. The van der Waals surface area contributed by atoms with Crippen LogP contribution in [0.25, 0.3) is 0 Å². The molecule has 0 aliphatic carbocycles. The lowest BCUT2D eigenvalue weighted by molar-refractivity contribution is -0.133. The maximum absolute atomic E-state index is 13.2. The monoisotopic (exact) mass is 267 g/mol. The molecule has 0 atom stereocenters. The molecule has 2 amide bonds. The van der Waals surface area contributed by atoms with Crippen molar-refractivity contribution in [2.75, 3.05) is 10.7 Å². The van der Waals surface area contributed by atoms with Crippen LogP contribution < -0.4 is 10.7 Å². The first-order chi connectivity index (χ1) is 9.08. The molecule has 9 heteroatoms. The van der Waals surface area contributed by atoms with E-state index in [2.05, 4.69) is 15.6 Å². The molecule has 19 heavy (non-hydrogen) atoms. The van der Waals surface area contributed by atoms with Crippen LogP contribution in [0.1, 0.15) is 0 Å². The minimum Gasteiger partial charge on any atom is -0.313 e. The van der Waals surface area contributed by atoms with Crippen molar-refractivity contribution in [3.63, 3.8) is 0 Å². The van der Waals surface area contributed by atoms with Gasteiger partial charge in [-0.2, -0.15) is 0 Å². The van der Waals surface area contributed by atoms with E-state index in [9.17, 15) is 18.4 Å². The number of hydrogen-bond acceptors (Lipinski definition) is 4. The number of amides is 2. The van der Waals surface area contributed by atoms with E-state index < -0.39 is 29.1 Å². The fourth-order valence-corrected chi connectivity index (χ4v) is 1.21. The van der Waals surface area contributed by atoms with Crippen molar-refractivity contribution in [1.82, 2.24) is 14.9 Å². The number of nitrogens with zero attached hydrogens (tertiary/aromatic N) is 3. The van der Waals surface area contributed by atoms with Gasteiger partial charge in [0.1, 0.15) is 30.0 Å². The summed E-state index contributed by atoms with van der Waals surface area (Å²) in [5.41, 5.74) is 1.39. The number of para-hydroxylation sites is 1. The second kappa shape index (κ2) is 5.21. The average molecular weight is 267 g/mol. The van der Waals surface area contributed by atoms with Crippen LogP contribution in [0.2, 0.25) is 0 Å². The largest absolute Gasteiger partial charge is 0.328 e. The summed E-state index contributed by atoms with van der Waals surface area (Å²) >= 11 is 0. The van der Waals surface area contributed by atoms with Gasteiger partial charge in [-0.3, -0.25) is 15.0 Å². The van der Waals surface area contributed by atoms with E-state index in [1.807, 2.05) is 5.32 Å². The molecule has 0 spiro atoms. The zero-order valence-corrected chi connectivity index (χ0v) is 9.30. The van der Waals surface area contributed by atoms with Crippen LogP contribution in [0.5, 0.6) is 0 Å². The fourth-order valence-electron chi connectivity index (χ4n) is 1.21. The maximum Gasteiger partial charge on any atom is 0.328 e. The lowest BCUT2D eigenvalue weighted by Gasteiger charge is -2.07. The van der Waals surface area contributed by atoms with Crippen LogP contribution in [0.3, 0.4) is 0 Å². The predicted octanol–water partition coefficient (Wildman–Crippen LogP) is 0.265. The molecule has 7 nitrogen and oxygen atoms in total. The van der Waals surface area contributed by atoms with Crippen molar-refractivity contribution in [3.8, 4) is 0 Å². The fraction of sp³-hybridized carbons (Fsp3) is 0.